The van der Waals surface area contributed by atoms with Crippen LogP contribution in [0.5, 0.6) is 5.75 Å². The number of nitrogen functional groups attached to an aromatic ring is 2. The molecule has 1 aliphatic heterocycles. The molecule has 8 nitrogen and oxygen atoms in total. The minimum absolute atomic E-state index is 0.0142. The zero-order valence-electron chi connectivity index (χ0n) is 13.6. The molecule has 2 aromatic rings. The van der Waals surface area contributed by atoms with E-state index in [9.17, 15) is 4.79 Å². The van der Waals surface area contributed by atoms with Crippen molar-refractivity contribution in [3.8, 4) is 5.75 Å². The summed E-state index contributed by atoms with van der Waals surface area (Å²) in [6.45, 7) is 0.547. The summed E-state index contributed by atoms with van der Waals surface area (Å²) in [6.07, 6.45) is 1.91. The van der Waals surface area contributed by atoms with Gasteiger partial charge < -0.3 is 20.9 Å². The summed E-state index contributed by atoms with van der Waals surface area (Å²) in [5.41, 5.74) is 12.5. The van der Waals surface area contributed by atoms with Gasteiger partial charge in [-0.1, -0.05) is 18.2 Å². The summed E-state index contributed by atoms with van der Waals surface area (Å²) in [5.74, 6) is -0.287. The van der Waals surface area contributed by atoms with Crippen molar-refractivity contribution in [2.45, 2.75) is 25.4 Å². The number of anilines is 2. The summed E-state index contributed by atoms with van der Waals surface area (Å²) >= 11 is 0. The molecule has 1 fully saturated rings. The van der Waals surface area contributed by atoms with Crippen LogP contribution in [0.2, 0.25) is 0 Å². The third-order valence-electron chi connectivity index (χ3n) is 3.71. The summed E-state index contributed by atoms with van der Waals surface area (Å²) in [6, 6.07) is 10.6. The number of carbonyl (C=O) groups excluding carboxylic acids is 1. The number of aromatic nitrogens is 1. The van der Waals surface area contributed by atoms with Gasteiger partial charge in [-0.15, -0.1) is 5.11 Å². The monoisotopic (exact) mass is 341 g/mol. The van der Waals surface area contributed by atoms with E-state index < -0.39 is 12.1 Å². The minimum atomic E-state index is -0.583. The molecule has 8 heteroatoms. The van der Waals surface area contributed by atoms with E-state index in [-0.39, 0.29) is 23.1 Å². The van der Waals surface area contributed by atoms with Crippen molar-refractivity contribution in [1.29, 1.82) is 0 Å². The fourth-order valence-electron chi connectivity index (χ4n) is 2.38. The number of pyridine rings is 1. The Hall–Kier alpha value is -3.00. The van der Waals surface area contributed by atoms with E-state index in [1.54, 1.807) is 12.1 Å². The van der Waals surface area contributed by atoms with E-state index in [0.717, 1.165) is 12.8 Å². The van der Waals surface area contributed by atoms with Crippen molar-refractivity contribution < 1.29 is 14.3 Å². The van der Waals surface area contributed by atoms with Gasteiger partial charge in [-0.25, -0.2) is 9.78 Å². The van der Waals surface area contributed by atoms with Crippen LogP contribution < -0.4 is 16.2 Å². The maximum absolute atomic E-state index is 12.2. The highest BCUT2D eigenvalue weighted by Gasteiger charge is 2.25. The van der Waals surface area contributed by atoms with Crippen LogP contribution in [0.4, 0.5) is 23.0 Å². The lowest BCUT2D eigenvalue weighted by Gasteiger charge is -2.21. The van der Waals surface area contributed by atoms with E-state index in [4.69, 9.17) is 20.9 Å². The molecule has 4 N–H and O–H groups in total. The molecule has 1 aromatic heterocycles. The molecule has 0 aliphatic carbocycles. The number of hydrogen-bond donors (Lipinski definition) is 2. The van der Waals surface area contributed by atoms with Gasteiger partial charge in [-0.05, 0) is 31.4 Å². The number of ether oxygens (including phenoxy) is 2. The van der Waals surface area contributed by atoms with Crippen LogP contribution in [0.3, 0.4) is 0 Å². The van der Waals surface area contributed by atoms with Gasteiger partial charge in [0.1, 0.15) is 5.69 Å². The van der Waals surface area contributed by atoms with Crippen molar-refractivity contribution in [3.05, 3.63) is 36.4 Å². The van der Waals surface area contributed by atoms with Gasteiger partial charge in [0.25, 0.3) is 0 Å². The first-order valence-corrected chi connectivity index (χ1v) is 7.99. The van der Waals surface area contributed by atoms with Crippen molar-refractivity contribution >= 4 is 29.0 Å². The van der Waals surface area contributed by atoms with Gasteiger partial charge in [-0.3, -0.25) is 0 Å². The normalized spacial score (nSPS) is 17.5. The molecule has 0 spiro atoms. The summed E-state index contributed by atoms with van der Waals surface area (Å²) in [5, 5.41) is 8.13. The number of azo groups is 1. The third kappa shape index (κ3) is 4.30. The Morgan fingerprint density at radius 1 is 1.16 bits per heavy atom. The number of benzene rings is 1. The average molecular weight is 341 g/mol. The first-order chi connectivity index (χ1) is 12.1. The molecule has 130 valence electrons. The molecule has 2 heterocycles. The van der Waals surface area contributed by atoms with Crippen LogP contribution in [0, 0.1) is 0 Å². The van der Waals surface area contributed by atoms with Crippen LogP contribution in [0.25, 0.3) is 0 Å². The predicted molar refractivity (Wildman–Crippen MR) is 92.9 cm³/mol. The number of nitrogens with two attached hydrogens (primary N) is 2. The Bertz CT molecular complexity index is 773. The number of rotatable bonds is 4. The maximum Gasteiger partial charge on any atom is 0.340 e. The average Bonchev–Trinajstić information content (AvgIpc) is 2.64. The highest BCUT2D eigenvalue weighted by atomic mass is 16.6. The second kappa shape index (κ2) is 7.71. The lowest BCUT2D eigenvalue weighted by molar-refractivity contribution is -0.150. The molecule has 25 heavy (non-hydrogen) atoms. The van der Waals surface area contributed by atoms with E-state index in [1.807, 2.05) is 18.2 Å². The largest absolute Gasteiger partial charge is 0.421 e. The Kier molecular flexibility index (Phi) is 5.20. The van der Waals surface area contributed by atoms with E-state index in [0.29, 0.717) is 18.7 Å². The zero-order chi connectivity index (χ0) is 17.6. The highest BCUT2D eigenvalue weighted by Crippen LogP contribution is 2.32. The van der Waals surface area contributed by atoms with E-state index in [1.165, 1.54) is 6.07 Å². The first kappa shape index (κ1) is 16.8. The maximum atomic E-state index is 12.2. The second-order valence-electron chi connectivity index (χ2n) is 5.59. The smallest absolute Gasteiger partial charge is 0.340 e. The molecule has 1 unspecified atom stereocenters. The summed E-state index contributed by atoms with van der Waals surface area (Å²) in [4.78, 5) is 16.1. The quantitative estimate of drug-likeness (QED) is 0.650. The molecule has 3 rings (SSSR count). The Labute approximate surface area is 144 Å². The van der Waals surface area contributed by atoms with Crippen molar-refractivity contribution in [2.24, 2.45) is 10.2 Å². The highest BCUT2D eigenvalue weighted by molar-refractivity contribution is 5.79. The van der Waals surface area contributed by atoms with Crippen LogP contribution >= 0.6 is 0 Å². The van der Waals surface area contributed by atoms with Crippen molar-refractivity contribution in [2.75, 3.05) is 18.1 Å². The minimum Gasteiger partial charge on any atom is -0.421 e. The van der Waals surface area contributed by atoms with Gasteiger partial charge in [0.05, 0.1) is 5.69 Å². The summed E-state index contributed by atoms with van der Waals surface area (Å²) in [7, 11) is 0. The van der Waals surface area contributed by atoms with Gasteiger partial charge in [-0.2, -0.15) is 5.11 Å². The van der Waals surface area contributed by atoms with Crippen molar-refractivity contribution in [1.82, 2.24) is 4.98 Å². The lowest BCUT2D eigenvalue weighted by Crippen LogP contribution is -2.32. The number of nitrogens with zero attached hydrogens (tertiary/aromatic N) is 3. The van der Waals surface area contributed by atoms with Crippen molar-refractivity contribution in [3.63, 3.8) is 0 Å². The molecule has 0 bridgehead atoms. The summed E-state index contributed by atoms with van der Waals surface area (Å²) < 4.78 is 10.7. The molecule has 0 radical (unpaired) electrons. The molecular weight excluding hydrogens is 322 g/mol. The Morgan fingerprint density at radius 3 is 2.68 bits per heavy atom. The number of esters is 1. The standard InChI is InChI=1S/C17H19N5O3/c18-15-12(22-21-11-6-2-1-3-7-11)10-14(16(19)20-15)25-17(23)13-8-4-5-9-24-13/h1-3,6-7,10,13H,4-5,8-9H2,(H4,18,19,20). The Balaban J connectivity index is 1.78. The van der Waals surface area contributed by atoms with Crippen LogP contribution in [0.15, 0.2) is 46.6 Å². The van der Waals surface area contributed by atoms with Gasteiger partial charge >= 0.3 is 5.97 Å². The van der Waals surface area contributed by atoms with Crippen LogP contribution in [-0.2, 0) is 9.53 Å². The fraction of sp³-hybridized carbons (Fsp3) is 0.294. The number of carbonyl (C=O) groups is 1. The molecule has 1 aromatic carbocycles. The molecule has 1 aliphatic rings. The molecule has 0 amide bonds. The Morgan fingerprint density at radius 2 is 1.96 bits per heavy atom. The van der Waals surface area contributed by atoms with Gasteiger partial charge in [0.2, 0.25) is 0 Å². The van der Waals surface area contributed by atoms with E-state index in [2.05, 4.69) is 15.2 Å². The molecule has 1 atom stereocenters. The number of hydrogen-bond acceptors (Lipinski definition) is 8. The topological polar surface area (TPSA) is 125 Å². The molecular formula is C17H19N5O3. The lowest BCUT2D eigenvalue weighted by atomic mass is 10.1. The van der Waals surface area contributed by atoms with Crippen LogP contribution in [-0.4, -0.2) is 23.7 Å². The van der Waals surface area contributed by atoms with E-state index >= 15 is 0 Å². The first-order valence-electron chi connectivity index (χ1n) is 7.99. The van der Waals surface area contributed by atoms with Crippen LogP contribution in [0.1, 0.15) is 19.3 Å². The van der Waals surface area contributed by atoms with Gasteiger partial charge in [0, 0.05) is 12.7 Å². The molecule has 0 saturated carbocycles. The molecule has 1 saturated heterocycles. The van der Waals surface area contributed by atoms with Gasteiger partial charge in [0.15, 0.2) is 23.5 Å². The zero-order valence-corrected chi connectivity index (χ0v) is 13.6. The third-order valence-corrected chi connectivity index (χ3v) is 3.71. The SMILES string of the molecule is Nc1nc(N)c(OC(=O)C2CCCCO2)cc1N=Nc1ccccc1. The predicted octanol–water partition coefficient (Wildman–Crippen LogP) is 3.14. The fourth-order valence-corrected chi connectivity index (χ4v) is 2.38. The second-order valence-corrected chi connectivity index (χ2v) is 5.59.